The van der Waals surface area contributed by atoms with Crippen LogP contribution in [-0.4, -0.2) is 57.1 Å². The van der Waals surface area contributed by atoms with Crippen LogP contribution in [0.3, 0.4) is 0 Å². The monoisotopic (exact) mass is 411 g/mol. The van der Waals surface area contributed by atoms with Gasteiger partial charge in [-0.2, -0.15) is 20.1 Å². The Balaban J connectivity index is 1.60. The van der Waals surface area contributed by atoms with Crippen molar-refractivity contribution in [2.75, 3.05) is 41.4 Å². The van der Waals surface area contributed by atoms with Crippen molar-refractivity contribution in [3.8, 4) is 11.5 Å². The summed E-state index contributed by atoms with van der Waals surface area (Å²) < 4.78 is 0. The average molecular weight is 412 g/mol. The molecule has 0 spiro atoms. The quantitative estimate of drug-likeness (QED) is 0.509. The van der Waals surface area contributed by atoms with Crippen molar-refractivity contribution >= 4 is 23.6 Å². The largest absolute Gasteiger partial charge is 0.508 e. The Labute approximate surface area is 176 Å². The topological polar surface area (TPSA) is 110 Å². The van der Waals surface area contributed by atoms with E-state index in [1.165, 1.54) is 18.9 Å². The Bertz CT molecular complexity index is 850. The smallest absolute Gasteiger partial charge is 0.250 e. The highest BCUT2D eigenvalue weighted by Gasteiger charge is 2.20. The van der Waals surface area contributed by atoms with Crippen LogP contribution in [0.1, 0.15) is 51.0 Å². The van der Waals surface area contributed by atoms with Gasteiger partial charge in [0.15, 0.2) is 0 Å². The second-order valence-corrected chi connectivity index (χ2v) is 7.90. The van der Waals surface area contributed by atoms with Gasteiger partial charge >= 0.3 is 0 Å². The van der Waals surface area contributed by atoms with Gasteiger partial charge < -0.3 is 20.0 Å². The molecule has 0 bridgehead atoms. The number of piperidine rings is 2. The zero-order valence-corrected chi connectivity index (χ0v) is 17.4. The summed E-state index contributed by atoms with van der Waals surface area (Å²) in [6, 6.07) is 4.38. The Morgan fingerprint density at radius 2 is 1.30 bits per heavy atom. The number of nitrogens with one attached hydrogen (secondary N) is 1. The van der Waals surface area contributed by atoms with Gasteiger partial charge in [0.1, 0.15) is 11.5 Å². The van der Waals surface area contributed by atoms with Crippen LogP contribution >= 0.6 is 0 Å². The lowest BCUT2D eigenvalue weighted by Gasteiger charge is -2.30. The lowest BCUT2D eigenvalue weighted by Crippen LogP contribution is -2.34. The van der Waals surface area contributed by atoms with Crippen LogP contribution in [-0.2, 0) is 0 Å². The molecule has 2 fully saturated rings. The van der Waals surface area contributed by atoms with Crippen LogP contribution < -0.4 is 15.2 Å². The number of hydrogen-bond acceptors (Lipinski definition) is 9. The third-order valence-corrected chi connectivity index (χ3v) is 5.53. The molecule has 0 atom stereocenters. The van der Waals surface area contributed by atoms with Crippen molar-refractivity contribution in [3.63, 3.8) is 0 Å². The molecule has 0 radical (unpaired) electrons. The van der Waals surface area contributed by atoms with Crippen molar-refractivity contribution in [1.82, 2.24) is 15.0 Å². The Morgan fingerprint density at radius 3 is 1.80 bits per heavy atom. The van der Waals surface area contributed by atoms with Crippen molar-refractivity contribution in [2.24, 2.45) is 5.10 Å². The van der Waals surface area contributed by atoms with Crippen molar-refractivity contribution < 1.29 is 10.2 Å². The zero-order valence-electron chi connectivity index (χ0n) is 17.4. The molecule has 4 rings (SSSR count). The van der Waals surface area contributed by atoms with Gasteiger partial charge in [0.25, 0.3) is 0 Å². The summed E-state index contributed by atoms with van der Waals surface area (Å²) in [6.07, 6.45) is 7.06. The number of rotatable bonds is 5. The van der Waals surface area contributed by atoms with E-state index in [1.807, 2.05) is 0 Å². The van der Waals surface area contributed by atoms with E-state index in [2.05, 4.69) is 30.3 Å². The highest BCUT2D eigenvalue weighted by atomic mass is 16.3. The highest BCUT2D eigenvalue weighted by molar-refractivity contribution is 5.99. The zero-order chi connectivity index (χ0) is 20.9. The van der Waals surface area contributed by atoms with E-state index in [4.69, 9.17) is 4.98 Å². The molecular weight excluding hydrogens is 382 g/mol. The summed E-state index contributed by atoms with van der Waals surface area (Å²) >= 11 is 0. The van der Waals surface area contributed by atoms with Crippen LogP contribution in [0.2, 0.25) is 0 Å². The highest BCUT2D eigenvalue weighted by Crippen LogP contribution is 2.23. The minimum atomic E-state index is -0.0144. The van der Waals surface area contributed by atoms with E-state index < -0.39 is 0 Å². The molecule has 1 aromatic carbocycles. The number of phenolic OH excluding ortho intramolecular Hbond substituents is 2. The fraction of sp³-hybridized carbons (Fsp3) is 0.524. The second kappa shape index (κ2) is 9.15. The number of benzene rings is 1. The first-order valence-corrected chi connectivity index (χ1v) is 10.7. The van der Waals surface area contributed by atoms with E-state index in [0.29, 0.717) is 29.1 Å². The van der Waals surface area contributed by atoms with Gasteiger partial charge in [0.2, 0.25) is 17.8 Å². The first-order chi connectivity index (χ1) is 14.6. The van der Waals surface area contributed by atoms with Gasteiger partial charge in [-0.1, -0.05) is 0 Å². The van der Waals surface area contributed by atoms with Gasteiger partial charge in [0, 0.05) is 37.8 Å². The fourth-order valence-corrected chi connectivity index (χ4v) is 3.88. The van der Waals surface area contributed by atoms with Crippen LogP contribution in [0, 0.1) is 0 Å². The van der Waals surface area contributed by atoms with Crippen LogP contribution in [0.25, 0.3) is 0 Å². The molecule has 0 unspecified atom stereocenters. The minimum Gasteiger partial charge on any atom is -0.508 e. The molecule has 0 amide bonds. The third-order valence-electron chi connectivity index (χ3n) is 5.53. The molecule has 0 saturated carbocycles. The van der Waals surface area contributed by atoms with Gasteiger partial charge in [-0.05, 0) is 57.6 Å². The summed E-state index contributed by atoms with van der Waals surface area (Å²) in [5.74, 6) is 1.75. The Kier molecular flexibility index (Phi) is 6.15. The first-order valence-electron chi connectivity index (χ1n) is 10.7. The molecule has 9 nitrogen and oxygen atoms in total. The molecule has 9 heteroatoms. The minimum absolute atomic E-state index is 0.0144. The predicted molar refractivity (Wildman–Crippen MR) is 118 cm³/mol. The van der Waals surface area contributed by atoms with Crippen LogP contribution in [0.4, 0.5) is 17.8 Å². The first kappa shape index (κ1) is 20.2. The summed E-state index contributed by atoms with van der Waals surface area (Å²) in [5, 5.41) is 23.8. The second-order valence-electron chi connectivity index (χ2n) is 7.90. The Hall–Kier alpha value is -3.10. The molecule has 0 aliphatic carbocycles. The molecule has 3 N–H and O–H groups in total. The number of hydrazone groups is 1. The molecular formula is C21H29N7O2. The number of phenols is 2. The molecule has 2 aromatic rings. The number of nitrogens with zero attached hydrogens (tertiary/aromatic N) is 6. The third kappa shape index (κ3) is 4.90. The van der Waals surface area contributed by atoms with Crippen LogP contribution in [0.5, 0.6) is 11.5 Å². The van der Waals surface area contributed by atoms with Crippen LogP contribution in [0.15, 0.2) is 23.3 Å². The Morgan fingerprint density at radius 1 is 0.800 bits per heavy atom. The molecule has 3 heterocycles. The summed E-state index contributed by atoms with van der Waals surface area (Å²) in [4.78, 5) is 18.4. The summed E-state index contributed by atoms with van der Waals surface area (Å²) in [6.45, 7) is 5.60. The van der Waals surface area contributed by atoms with E-state index in [1.54, 1.807) is 19.1 Å². The number of anilines is 3. The van der Waals surface area contributed by atoms with E-state index in [9.17, 15) is 10.2 Å². The lowest BCUT2D eigenvalue weighted by molar-refractivity contribution is 0.450. The number of aromatic nitrogens is 3. The average Bonchev–Trinajstić information content (AvgIpc) is 2.78. The van der Waals surface area contributed by atoms with E-state index in [0.717, 1.165) is 51.9 Å². The molecule has 2 aliphatic heterocycles. The number of hydrogen-bond donors (Lipinski definition) is 3. The predicted octanol–water partition coefficient (Wildman–Crippen LogP) is 3.10. The normalized spacial score (nSPS) is 17.8. The summed E-state index contributed by atoms with van der Waals surface area (Å²) in [5.41, 5.74) is 4.16. The van der Waals surface area contributed by atoms with Crippen molar-refractivity contribution in [2.45, 2.75) is 45.4 Å². The number of aromatic hydroxyl groups is 2. The maximum Gasteiger partial charge on any atom is 0.250 e. The van der Waals surface area contributed by atoms with Crippen molar-refractivity contribution in [3.05, 3.63) is 23.8 Å². The molecule has 160 valence electrons. The van der Waals surface area contributed by atoms with Gasteiger partial charge in [-0.25, -0.2) is 5.43 Å². The molecule has 30 heavy (non-hydrogen) atoms. The van der Waals surface area contributed by atoms with Gasteiger partial charge in [-0.15, -0.1) is 0 Å². The van der Waals surface area contributed by atoms with Crippen molar-refractivity contribution in [1.29, 1.82) is 0 Å². The van der Waals surface area contributed by atoms with Gasteiger partial charge in [-0.3, -0.25) is 0 Å². The maximum absolute atomic E-state index is 9.71. The molecule has 2 aliphatic rings. The van der Waals surface area contributed by atoms with E-state index >= 15 is 0 Å². The van der Waals surface area contributed by atoms with E-state index in [-0.39, 0.29) is 11.5 Å². The standard InChI is InChI=1S/C21H29N7O2/c1-15(16-12-17(29)14-18(30)13-16)25-26-19-22-20(27-8-4-2-5-9-27)24-21(23-19)28-10-6-3-7-11-28/h12-14,29-30H,2-11H2,1H3,(H,22,23,24,26)/b25-15+. The summed E-state index contributed by atoms with van der Waals surface area (Å²) in [7, 11) is 0. The van der Waals surface area contributed by atoms with Gasteiger partial charge in [0.05, 0.1) is 5.71 Å². The fourth-order valence-electron chi connectivity index (χ4n) is 3.88. The molecule has 1 aromatic heterocycles. The lowest BCUT2D eigenvalue weighted by atomic mass is 10.1. The maximum atomic E-state index is 9.71. The SMILES string of the molecule is C/C(=N\Nc1nc(N2CCCCC2)nc(N2CCCCC2)n1)c1cc(O)cc(O)c1. The molecule has 2 saturated heterocycles.